The molecule has 2 atom stereocenters. The standard InChI is InChI=1S/C24H29N3O3/c1-24(21-9-5-6-10-22(21)25-18-28)15-20(30-17-24)16-26-11-13-27(14-12-26)23(29)19-7-3-2-4-8-19/h2-10,18,20H,11-17H2,1H3,(H,25,28). The maximum Gasteiger partial charge on any atom is 0.253 e. The van der Waals surface area contributed by atoms with E-state index in [1.165, 1.54) is 0 Å². The molecule has 0 saturated carbocycles. The minimum Gasteiger partial charge on any atom is -0.376 e. The van der Waals surface area contributed by atoms with E-state index in [9.17, 15) is 9.59 Å². The van der Waals surface area contributed by atoms with Gasteiger partial charge in [-0.2, -0.15) is 0 Å². The fourth-order valence-corrected chi connectivity index (χ4v) is 4.61. The minimum atomic E-state index is -0.123. The van der Waals surface area contributed by atoms with Gasteiger partial charge in [0.25, 0.3) is 5.91 Å². The molecule has 0 aliphatic carbocycles. The summed E-state index contributed by atoms with van der Waals surface area (Å²) < 4.78 is 6.16. The van der Waals surface area contributed by atoms with E-state index < -0.39 is 0 Å². The van der Waals surface area contributed by atoms with Crippen molar-refractivity contribution in [1.82, 2.24) is 9.80 Å². The molecule has 2 aromatic carbocycles. The second-order valence-electron chi connectivity index (χ2n) is 8.46. The summed E-state index contributed by atoms with van der Waals surface area (Å²) in [4.78, 5) is 27.9. The van der Waals surface area contributed by atoms with Crippen molar-refractivity contribution in [2.24, 2.45) is 0 Å². The number of carbonyl (C=O) groups is 2. The van der Waals surface area contributed by atoms with E-state index in [0.717, 1.165) is 62.4 Å². The van der Waals surface area contributed by atoms with Crippen molar-refractivity contribution in [3.63, 3.8) is 0 Å². The third kappa shape index (κ3) is 4.40. The van der Waals surface area contributed by atoms with Crippen LogP contribution in [-0.4, -0.2) is 67.6 Å². The van der Waals surface area contributed by atoms with E-state index >= 15 is 0 Å². The number of para-hydroxylation sites is 1. The molecule has 2 amide bonds. The molecule has 2 unspecified atom stereocenters. The highest BCUT2D eigenvalue weighted by atomic mass is 16.5. The summed E-state index contributed by atoms with van der Waals surface area (Å²) in [5, 5.41) is 2.82. The van der Waals surface area contributed by atoms with Crippen molar-refractivity contribution in [1.29, 1.82) is 0 Å². The Labute approximate surface area is 177 Å². The second kappa shape index (κ2) is 8.98. The molecular formula is C24H29N3O3. The predicted octanol–water partition coefficient (Wildman–Crippen LogP) is 2.76. The van der Waals surface area contributed by atoms with Gasteiger partial charge >= 0.3 is 0 Å². The van der Waals surface area contributed by atoms with Gasteiger partial charge in [-0.1, -0.05) is 43.3 Å². The van der Waals surface area contributed by atoms with E-state index in [1.54, 1.807) is 0 Å². The van der Waals surface area contributed by atoms with Crippen LogP contribution in [0.5, 0.6) is 0 Å². The number of nitrogens with zero attached hydrogens (tertiary/aromatic N) is 2. The maximum absolute atomic E-state index is 12.6. The molecule has 2 fully saturated rings. The third-order valence-corrected chi connectivity index (χ3v) is 6.25. The van der Waals surface area contributed by atoms with Crippen molar-refractivity contribution in [2.75, 3.05) is 44.6 Å². The van der Waals surface area contributed by atoms with Gasteiger partial charge in [0.2, 0.25) is 6.41 Å². The average molecular weight is 408 g/mol. The number of amides is 2. The summed E-state index contributed by atoms with van der Waals surface area (Å²) in [6.07, 6.45) is 1.79. The summed E-state index contributed by atoms with van der Waals surface area (Å²) in [5.41, 5.74) is 2.61. The number of piperazine rings is 1. The first-order valence-corrected chi connectivity index (χ1v) is 10.6. The molecule has 2 heterocycles. The molecule has 0 bridgehead atoms. The van der Waals surface area contributed by atoms with Gasteiger partial charge in [-0.3, -0.25) is 14.5 Å². The van der Waals surface area contributed by atoms with Gasteiger partial charge in [-0.15, -0.1) is 0 Å². The summed E-state index contributed by atoms with van der Waals surface area (Å²) >= 11 is 0. The fraction of sp³-hybridized carbons (Fsp3) is 0.417. The van der Waals surface area contributed by atoms with Gasteiger partial charge < -0.3 is 15.0 Å². The number of benzene rings is 2. The third-order valence-electron chi connectivity index (χ3n) is 6.25. The molecule has 2 aromatic rings. The number of nitrogens with one attached hydrogen (secondary N) is 1. The monoisotopic (exact) mass is 407 g/mol. The van der Waals surface area contributed by atoms with Crippen molar-refractivity contribution in [2.45, 2.75) is 24.9 Å². The van der Waals surface area contributed by atoms with Crippen LogP contribution < -0.4 is 5.32 Å². The Morgan fingerprint density at radius 3 is 2.53 bits per heavy atom. The van der Waals surface area contributed by atoms with Crippen LogP contribution in [0.1, 0.15) is 29.3 Å². The first-order chi connectivity index (χ1) is 14.6. The van der Waals surface area contributed by atoms with Crippen LogP contribution in [0.2, 0.25) is 0 Å². The van der Waals surface area contributed by atoms with E-state index in [2.05, 4.69) is 23.2 Å². The normalized spacial score (nSPS) is 24.6. The van der Waals surface area contributed by atoms with Gasteiger partial charge in [0, 0.05) is 49.4 Å². The number of carbonyl (C=O) groups excluding carboxylic acids is 2. The molecule has 6 heteroatoms. The summed E-state index contributed by atoms with van der Waals surface area (Å²) in [7, 11) is 0. The number of hydrogen-bond acceptors (Lipinski definition) is 4. The fourth-order valence-electron chi connectivity index (χ4n) is 4.61. The molecule has 30 heavy (non-hydrogen) atoms. The Kier molecular flexibility index (Phi) is 6.16. The van der Waals surface area contributed by atoms with Crippen LogP contribution in [0.15, 0.2) is 54.6 Å². The average Bonchev–Trinajstić information content (AvgIpc) is 3.16. The number of rotatable bonds is 6. The Morgan fingerprint density at radius 1 is 1.10 bits per heavy atom. The van der Waals surface area contributed by atoms with Crippen molar-refractivity contribution in [3.05, 3.63) is 65.7 Å². The Morgan fingerprint density at radius 2 is 1.80 bits per heavy atom. The van der Waals surface area contributed by atoms with E-state index in [0.29, 0.717) is 6.61 Å². The lowest BCUT2D eigenvalue weighted by atomic mass is 9.79. The number of ether oxygens (including phenoxy) is 1. The Hall–Kier alpha value is -2.70. The van der Waals surface area contributed by atoms with Gasteiger partial charge in [-0.05, 0) is 30.2 Å². The molecule has 0 aromatic heterocycles. The topological polar surface area (TPSA) is 61.9 Å². The van der Waals surface area contributed by atoms with E-state index in [1.807, 2.05) is 53.4 Å². The number of hydrogen-bond donors (Lipinski definition) is 1. The van der Waals surface area contributed by atoms with Crippen LogP contribution in [-0.2, 0) is 14.9 Å². The molecule has 2 saturated heterocycles. The molecule has 6 nitrogen and oxygen atoms in total. The minimum absolute atomic E-state index is 0.110. The first-order valence-electron chi connectivity index (χ1n) is 10.6. The van der Waals surface area contributed by atoms with Crippen LogP contribution in [0, 0.1) is 0 Å². The lowest BCUT2D eigenvalue weighted by molar-refractivity contribution is -0.105. The van der Waals surface area contributed by atoms with Crippen LogP contribution in [0.3, 0.4) is 0 Å². The smallest absolute Gasteiger partial charge is 0.253 e. The predicted molar refractivity (Wildman–Crippen MR) is 117 cm³/mol. The lowest BCUT2D eigenvalue weighted by Crippen LogP contribution is -2.50. The summed E-state index contributed by atoms with van der Waals surface area (Å²) in [6.45, 7) is 6.91. The van der Waals surface area contributed by atoms with Crippen molar-refractivity contribution in [3.8, 4) is 0 Å². The highest BCUT2D eigenvalue weighted by Crippen LogP contribution is 2.39. The van der Waals surface area contributed by atoms with Gasteiger partial charge in [0.05, 0.1) is 12.7 Å². The lowest BCUT2D eigenvalue weighted by Gasteiger charge is -2.36. The molecule has 158 valence electrons. The summed E-state index contributed by atoms with van der Waals surface area (Å²) in [5.74, 6) is 0.110. The zero-order valence-electron chi connectivity index (χ0n) is 17.4. The van der Waals surface area contributed by atoms with Crippen molar-refractivity contribution < 1.29 is 14.3 Å². The molecule has 0 radical (unpaired) electrons. The SMILES string of the molecule is CC1(c2ccccc2NC=O)COC(CN2CCN(C(=O)c3ccccc3)CC2)C1. The highest BCUT2D eigenvalue weighted by Gasteiger charge is 2.39. The molecule has 2 aliphatic rings. The van der Waals surface area contributed by atoms with Crippen LogP contribution >= 0.6 is 0 Å². The molecule has 2 aliphatic heterocycles. The molecular weight excluding hydrogens is 378 g/mol. The molecule has 1 N–H and O–H groups in total. The largest absolute Gasteiger partial charge is 0.376 e. The quantitative estimate of drug-likeness (QED) is 0.748. The van der Waals surface area contributed by atoms with E-state index in [4.69, 9.17) is 4.74 Å². The van der Waals surface area contributed by atoms with Gasteiger partial charge in [-0.25, -0.2) is 0 Å². The number of anilines is 1. The first kappa shape index (κ1) is 20.6. The van der Waals surface area contributed by atoms with Crippen LogP contribution in [0.4, 0.5) is 5.69 Å². The van der Waals surface area contributed by atoms with Crippen molar-refractivity contribution >= 4 is 18.0 Å². The highest BCUT2D eigenvalue weighted by molar-refractivity contribution is 5.94. The van der Waals surface area contributed by atoms with Gasteiger partial charge in [0.1, 0.15) is 0 Å². The molecule has 4 rings (SSSR count). The summed E-state index contributed by atoms with van der Waals surface area (Å²) in [6, 6.07) is 17.4. The Bertz CT molecular complexity index is 880. The van der Waals surface area contributed by atoms with Crippen LogP contribution in [0.25, 0.3) is 0 Å². The van der Waals surface area contributed by atoms with Gasteiger partial charge in [0.15, 0.2) is 0 Å². The van der Waals surface area contributed by atoms with E-state index in [-0.39, 0.29) is 17.4 Å². The second-order valence-corrected chi connectivity index (χ2v) is 8.46. The molecule has 0 spiro atoms. The zero-order chi connectivity index (χ0) is 21.0. The maximum atomic E-state index is 12.6. The zero-order valence-corrected chi connectivity index (χ0v) is 17.4. The Balaban J connectivity index is 1.32.